The number of hydrogen-bond donors (Lipinski definition) is 2. The van der Waals surface area contributed by atoms with Crippen LogP contribution in [0.1, 0.15) is 25.3 Å². The van der Waals surface area contributed by atoms with E-state index in [0.29, 0.717) is 32.9 Å². The number of nitrogens with zero attached hydrogens (tertiary/aromatic N) is 1. The molecule has 1 aromatic carbocycles. The number of ether oxygens (including phenoxy) is 3. The summed E-state index contributed by atoms with van der Waals surface area (Å²) in [5.41, 5.74) is 1.06. The van der Waals surface area contributed by atoms with Gasteiger partial charge in [-0.15, -0.1) is 0 Å². The number of guanidine groups is 1. The number of halogens is 1. The van der Waals surface area contributed by atoms with Gasteiger partial charge < -0.3 is 24.8 Å². The lowest BCUT2D eigenvalue weighted by Gasteiger charge is -2.14. The van der Waals surface area contributed by atoms with Crippen molar-refractivity contribution in [3.8, 4) is 5.75 Å². The van der Waals surface area contributed by atoms with E-state index in [1.807, 2.05) is 18.2 Å². The van der Waals surface area contributed by atoms with Crippen molar-refractivity contribution in [1.29, 1.82) is 0 Å². The lowest BCUT2D eigenvalue weighted by Crippen LogP contribution is -2.38. The van der Waals surface area contributed by atoms with Crippen LogP contribution in [-0.2, 0) is 16.0 Å². The number of rotatable bonds is 12. The Bertz CT molecular complexity index is 512. The molecular weight excluding hydrogens is 386 g/mol. The summed E-state index contributed by atoms with van der Waals surface area (Å²) in [5, 5.41) is 6.49. The van der Waals surface area contributed by atoms with Crippen molar-refractivity contribution in [3.05, 3.63) is 28.2 Å². The molecule has 0 heterocycles. The van der Waals surface area contributed by atoms with Gasteiger partial charge >= 0.3 is 0 Å². The topological polar surface area (TPSA) is 64.1 Å². The SMILES string of the molecule is CCCCOCCOCCNC(=NC)NCc1cc(Br)ccc1OC. The van der Waals surface area contributed by atoms with E-state index in [2.05, 4.69) is 38.5 Å². The van der Waals surface area contributed by atoms with E-state index in [1.54, 1.807) is 14.2 Å². The maximum absolute atomic E-state index is 5.53. The Morgan fingerprint density at radius 2 is 1.88 bits per heavy atom. The number of nitrogens with one attached hydrogen (secondary N) is 2. The van der Waals surface area contributed by atoms with Gasteiger partial charge in [0.15, 0.2) is 5.96 Å². The van der Waals surface area contributed by atoms with E-state index < -0.39 is 0 Å². The molecule has 0 saturated carbocycles. The Hall–Kier alpha value is -1.31. The predicted octanol–water partition coefficient (Wildman–Crippen LogP) is 2.96. The van der Waals surface area contributed by atoms with Crippen LogP contribution in [0.2, 0.25) is 0 Å². The quantitative estimate of drug-likeness (QED) is 0.312. The lowest BCUT2D eigenvalue weighted by atomic mass is 10.2. The Balaban J connectivity index is 2.20. The highest BCUT2D eigenvalue weighted by molar-refractivity contribution is 9.10. The molecule has 0 aliphatic rings. The van der Waals surface area contributed by atoms with Gasteiger partial charge in [0.05, 0.1) is 26.9 Å². The Labute approximate surface area is 159 Å². The molecule has 25 heavy (non-hydrogen) atoms. The third-order valence-corrected chi connectivity index (χ3v) is 3.96. The number of benzene rings is 1. The molecule has 142 valence electrons. The van der Waals surface area contributed by atoms with Crippen LogP contribution >= 0.6 is 15.9 Å². The molecule has 0 aliphatic carbocycles. The summed E-state index contributed by atoms with van der Waals surface area (Å²) in [5.74, 6) is 1.57. The van der Waals surface area contributed by atoms with Crippen LogP contribution in [0.4, 0.5) is 0 Å². The number of methoxy groups -OCH3 is 1. The van der Waals surface area contributed by atoms with Crippen LogP contribution in [0.3, 0.4) is 0 Å². The molecular formula is C18H30BrN3O3. The van der Waals surface area contributed by atoms with Gasteiger partial charge in [-0.25, -0.2) is 0 Å². The van der Waals surface area contributed by atoms with Gasteiger partial charge in [-0.3, -0.25) is 4.99 Å². The maximum Gasteiger partial charge on any atom is 0.191 e. The highest BCUT2D eigenvalue weighted by atomic mass is 79.9. The molecule has 0 atom stereocenters. The van der Waals surface area contributed by atoms with Crippen molar-refractivity contribution in [2.24, 2.45) is 4.99 Å². The first-order valence-corrected chi connectivity index (χ1v) is 9.43. The molecule has 0 saturated heterocycles. The van der Waals surface area contributed by atoms with Crippen LogP contribution in [0.15, 0.2) is 27.7 Å². The molecule has 0 radical (unpaired) electrons. The van der Waals surface area contributed by atoms with E-state index in [0.717, 1.165) is 41.2 Å². The summed E-state index contributed by atoms with van der Waals surface area (Å²) in [6, 6.07) is 5.92. The molecule has 0 spiro atoms. The lowest BCUT2D eigenvalue weighted by molar-refractivity contribution is 0.0487. The van der Waals surface area contributed by atoms with Gasteiger partial charge in [0.25, 0.3) is 0 Å². The number of unbranched alkanes of at least 4 members (excludes halogenated alkanes) is 1. The van der Waals surface area contributed by atoms with Gasteiger partial charge in [-0.1, -0.05) is 29.3 Å². The average Bonchev–Trinajstić information content (AvgIpc) is 2.63. The van der Waals surface area contributed by atoms with E-state index in [4.69, 9.17) is 14.2 Å². The summed E-state index contributed by atoms with van der Waals surface area (Å²) in [6.45, 7) is 6.14. The molecule has 0 amide bonds. The Kier molecular flexibility index (Phi) is 12.1. The summed E-state index contributed by atoms with van der Waals surface area (Å²) in [6.07, 6.45) is 2.26. The highest BCUT2D eigenvalue weighted by Gasteiger charge is 2.05. The molecule has 0 bridgehead atoms. The first-order valence-electron chi connectivity index (χ1n) is 8.63. The molecule has 0 aromatic heterocycles. The van der Waals surface area contributed by atoms with Gasteiger partial charge in [-0.2, -0.15) is 0 Å². The zero-order valence-electron chi connectivity index (χ0n) is 15.4. The zero-order valence-corrected chi connectivity index (χ0v) is 17.0. The smallest absolute Gasteiger partial charge is 0.191 e. The minimum atomic E-state index is 0.609. The summed E-state index contributed by atoms with van der Waals surface area (Å²) in [4.78, 5) is 4.21. The molecule has 0 aliphatic heterocycles. The molecule has 2 N–H and O–H groups in total. The van der Waals surface area contributed by atoms with Crippen molar-refractivity contribution < 1.29 is 14.2 Å². The van der Waals surface area contributed by atoms with Crippen LogP contribution in [-0.4, -0.2) is 53.1 Å². The van der Waals surface area contributed by atoms with Gasteiger partial charge in [-0.05, 0) is 24.6 Å². The minimum absolute atomic E-state index is 0.609. The second-order valence-electron chi connectivity index (χ2n) is 5.39. The summed E-state index contributed by atoms with van der Waals surface area (Å²) >= 11 is 3.48. The Morgan fingerprint density at radius 3 is 2.56 bits per heavy atom. The van der Waals surface area contributed by atoms with Crippen molar-refractivity contribution in [3.63, 3.8) is 0 Å². The maximum atomic E-state index is 5.53. The highest BCUT2D eigenvalue weighted by Crippen LogP contribution is 2.22. The molecule has 0 unspecified atom stereocenters. The third-order valence-electron chi connectivity index (χ3n) is 3.47. The van der Waals surface area contributed by atoms with Crippen LogP contribution < -0.4 is 15.4 Å². The van der Waals surface area contributed by atoms with E-state index in [9.17, 15) is 0 Å². The molecule has 1 aromatic rings. The molecule has 1 rings (SSSR count). The third kappa shape index (κ3) is 9.67. The van der Waals surface area contributed by atoms with Gasteiger partial charge in [0, 0.05) is 36.8 Å². The van der Waals surface area contributed by atoms with E-state index >= 15 is 0 Å². The second-order valence-corrected chi connectivity index (χ2v) is 6.30. The standard InChI is InChI=1S/C18H30BrN3O3/c1-4-5-9-24-11-12-25-10-8-21-18(20-2)22-14-15-13-16(19)6-7-17(15)23-3/h6-7,13H,4-5,8-12,14H2,1-3H3,(H2,20,21,22). The van der Waals surface area contributed by atoms with Crippen molar-refractivity contribution in [1.82, 2.24) is 10.6 Å². The first kappa shape index (κ1) is 21.7. The van der Waals surface area contributed by atoms with Crippen LogP contribution in [0.5, 0.6) is 5.75 Å². The van der Waals surface area contributed by atoms with Gasteiger partial charge in [0.2, 0.25) is 0 Å². The summed E-state index contributed by atoms with van der Waals surface area (Å²) < 4.78 is 17.4. The zero-order chi connectivity index (χ0) is 18.3. The van der Waals surface area contributed by atoms with Crippen molar-refractivity contribution in [2.75, 3.05) is 47.1 Å². The number of hydrogen-bond acceptors (Lipinski definition) is 4. The van der Waals surface area contributed by atoms with E-state index in [-0.39, 0.29) is 0 Å². The largest absolute Gasteiger partial charge is 0.496 e. The minimum Gasteiger partial charge on any atom is -0.496 e. The van der Waals surface area contributed by atoms with Crippen molar-refractivity contribution in [2.45, 2.75) is 26.3 Å². The summed E-state index contributed by atoms with van der Waals surface area (Å²) in [7, 11) is 3.42. The second kappa shape index (κ2) is 13.9. The van der Waals surface area contributed by atoms with Gasteiger partial charge in [0.1, 0.15) is 5.75 Å². The van der Waals surface area contributed by atoms with Crippen molar-refractivity contribution >= 4 is 21.9 Å². The van der Waals surface area contributed by atoms with Crippen LogP contribution in [0.25, 0.3) is 0 Å². The Morgan fingerprint density at radius 1 is 1.12 bits per heavy atom. The fraction of sp³-hybridized carbons (Fsp3) is 0.611. The monoisotopic (exact) mass is 415 g/mol. The number of aliphatic imine (C=N–C) groups is 1. The molecule has 7 heteroatoms. The fourth-order valence-corrected chi connectivity index (χ4v) is 2.50. The van der Waals surface area contributed by atoms with Crippen LogP contribution in [0, 0.1) is 0 Å². The molecule has 6 nitrogen and oxygen atoms in total. The van der Waals surface area contributed by atoms with E-state index in [1.165, 1.54) is 0 Å². The average molecular weight is 416 g/mol. The predicted molar refractivity (Wildman–Crippen MR) is 105 cm³/mol. The normalized spacial score (nSPS) is 11.4. The first-order chi connectivity index (χ1) is 12.2. The fourth-order valence-electron chi connectivity index (χ4n) is 2.09. The molecule has 0 fully saturated rings.